The van der Waals surface area contributed by atoms with E-state index in [-0.39, 0.29) is 18.4 Å². The lowest BCUT2D eigenvalue weighted by molar-refractivity contribution is -0.133. The van der Waals surface area contributed by atoms with E-state index in [1.54, 1.807) is 28.0 Å². The molecule has 0 aliphatic carbocycles. The van der Waals surface area contributed by atoms with E-state index in [0.717, 1.165) is 11.1 Å². The van der Waals surface area contributed by atoms with Crippen LogP contribution in [0.5, 0.6) is 17.2 Å². The second-order valence-corrected chi connectivity index (χ2v) is 7.62. The number of hydrogen-bond acceptors (Lipinski definition) is 5. The third-order valence-corrected chi connectivity index (χ3v) is 5.46. The lowest BCUT2D eigenvalue weighted by atomic mass is 10.1. The molecule has 166 valence electrons. The second kappa shape index (κ2) is 10.2. The number of carbonyl (C=O) groups is 2. The SMILES string of the molecule is COc1cccc(OC)c1C(=O)N1CCCN(C(=O)COc2ccc(C)cc2C)CC1. The highest BCUT2D eigenvalue weighted by Gasteiger charge is 2.27. The molecule has 7 nitrogen and oxygen atoms in total. The number of aryl methyl sites for hydroxylation is 2. The first-order valence-electron chi connectivity index (χ1n) is 10.4. The minimum Gasteiger partial charge on any atom is -0.496 e. The number of methoxy groups -OCH3 is 2. The maximum atomic E-state index is 13.2. The van der Waals surface area contributed by atoms with Crippen molar-refractivity contribution in [3.63, 3.8) is 0 Å². The number of hydrogen-bond donors (Lipinski definition) is 0. The number of amides is 2. The summed E-state index contributed by atoms with van der Waals surface area (Å²) in [6, 6.07) is 11.2. The Kier molecular flexibility index (Phi) is 7.39. The first-order chi connectivity index (χ1) is 14.9. The predicted molar refractivity (Wildman–Crippen MR) is 118 cm³/mol. The zero-order valence-electron chi connectivity index (χ0n) is 18.6. The van der Waals surface area contributed by atoms with Gasteiger partial charge in [-0.3, -0.25) is 9.59 Å². The minimum absolute atomic E-state index is 0.0157. The Morgan fingerprint density at radius 3 is 2.16 bits per heavy atom. The maximum absolute atomic E-state index is 13.2. The minimum atomic E-state index is -0.157. The van der Waals surface area contributed by atoms with Gasteiger partial charge in [-0.25, -0.2) is 0 Å². The average Bonchev–Trinajstić information content (AvgIpc) is 3.03. The Balaban J connectivity index is 1.62. The van der Waals surface area contributed by atoms with E-state index in [4.69, 9.17) is 14.2 Å². The molecule has 0 N–H and O–H groups in total. The van der Waals surface area contributed by atoms with Gasteiger partial charge >= 0.3 is 0 Å². The van der Waals surface area contributed by atoms with E-state index in [1.165, 1.54) is 14.2 Å². The normalized spacial score (nSPS) is 14.1. The molecule has 2 amide bonds. The summed E-state index contributed by atoms with van der Waals surface area (Å²) in [7, 11) is 3.06. The van der Waals surface area contributed by atoms with Crippen LogP contribution in [0.2, 0.25) is 0 Å². The van der Waals surface area contributed by atoms with Gasteiger partial charge in [0.2, 0.25) is 0 Å². The van der Waals surface area contributed by atoms with Crippen LogP contribution in [0, 0.1) is 13.8 Å². The topological polar surface area (TPSA) is 68.3 Å². The Labute approximate surface area is 183 Å². The standard InChI is InChI=1S/C24H30N2O5/c1-17-9-10-19(18(2)15-17)31-16-22(27)25-11-6-12-26(14-13-25)24(28)23-20(29-3)7-5-8-21(23)30-4/h5,7-10,15H,6,11-14,16H2,1-4H3. The molecule has 1 saturated heterocycles. The van der Waals surface area contributed by atoms with Crippen LogP contribution in [0.1, 0.15) is 27.9 Å². The van der Waals surface area contributed by atoms with Gasteiger partial charge in [-0.1, -0.05) is 23.8 Å². The summed E-state index contributed by atoms with van der Waals surface area (Å²) in [5, 5.41) is 0. The van der Waals surface area contributed by atoms with Crippen molar-refractivity contribution >= 4 is 11.8 Å². The lowest BCUT2D eigenvalue weighted by Gasteiger charge is -2.24. The van der Waals surface area contributed by atoms with E-state index in [1.807, 2.05) is 32.0 Å². The molecule has 0 atom stereocenters. The summed E-state index contributed by atoms with van der Waals surface area (Å²) < 4.78 is 16.5. The van der Waals surface area contributed by atoms with Crippen LogP contribution in [-0.4, -0.2) is 68.6 Å². The maximum Gasteiger partial charge on any atom is 0.261 e. The molecule has 0 saturated carbocycles. The zero-order chi connectivity index (χ0) is 22.4. The predicted octanol–water partition coefficient (Wildman–Crippen LogP) is 3.07. The van der Waals surface area contributed by atoms with E-state index in [2.05, 4.69) is 0 Å². The lowest BCUT2D eigenvalue weighted by Crippen LogP contribution is -2.39. The third kappa shape index (κ3) is 5.29. The smallest absolute Gasteiger partial charge is 0.261 e. The van der Waals surface area contributed by atoms with E-state index < -0.39 is 0 Å². The van der Waals surface area contributed by atoms with Crippen molar-refractivity contribution in [2.75, 3.05) is 47.0 Å². The van der Waals surface area contributed by atoms with Crippen LogP contribution in [0.25, 0.3) is 0 Å². The molecule has 0 unspecified atom stereocenters. The van der Waals surface area contributed by atoms with Crippen LogP contribution in [0.4, 0.5) is 0 Å². The Bertz CT molecular complexity index is 921. The summed E-state index contributed by atoms with van der Waals surface area (Å²) in [6.07, 6.45) is 0.693. The molecule has 0 radical (unpaired) electrons. The number of carbonyl (C=O) groups excluding carboxylic acids is 2. The largest absolute Gasteiger partial charge is 0.496 e. The fourth-order valence-corrected chi connectivity index (χ4v) is 3.78. The molecule has 0 aromatic heterocycles. The van der Waals surface area contributed by atoms with Crippen molar-refractivity contribution in [1.82, 2.24) is 9.80 Å². The fourth-order valence-electron chi connectivity index (χ4n) is 3.78. The molecule has 2 aromatic carbocycles. The first kappa shape index (κ1) is 22.5. The Morgan fingerprint density at radius 2 is 1.52 bits per heavy atom. The molecule has 1 heterocycles. The molecule has 3 rings (SSSR count). The summed E-state index contributed by atoms with van der Waals surface area (Å²) in [5.41, 5.74) is 2.57. The van der Waals surface area contributed by atoms with E-state index in [9.17, 15) is 9.59 Å². The summed E-state index contributed by atoms with van der Waals surface area (Å²) in [4.78, 5) is 29.4. The van der Waals surface area contributed by atoms with Crippen molar-refractivity contribution in [2.24, 2.45) is 0 Å². The average molecular weight is 427 g/mol. The van der Waals surface area contributed by atoms with Gasteiger partial charge in [0.25, 0.3) is 11.8 Å². The van der Waals surface area contributed by atoms with Crippen LogP contribution >= 0.6 is 0 Å². The monoisotopic (exact) mass is 426 g/mol. The molecule has 1 aliphatic heterocycles. The first-order valence-corrected chi connectivity index (χ1v) is 10.4. The van der Waals surface area contributed by atoms with Gasteiger partial charge < -0.3 is 24.0 Å². The zero-order valence-corrected chi connectivity index (χ0v) is 18.6. The number of nitrogens with zero attached hydrogens (tertiary/aromatic N) is 2. The summed E-state index contributed by atoms with van der Waals surface area (Å²) >= 11 is 0. The van der Waals surface area contributed by atoms with Crippen LogP contribution in [0.15, 0.2) is 36.4 Å². The van der Waals surface area contributed by atoms with Gasteiger partial charge in [0, 0.05) is 26.2 Å². The highest BCUT2D eigenvalue weighted by atomic mass is 16.5. The van der Waals surface area contributed by atoms with E-state index >= 15 is 0 Å². The molecule has 1 fully saturated rings. The molecular weight excluding hydrogens is 396 g/mol. The number of benzene rings is 2. The van der Waals surface area contributed by atoms with Crippen molar-refractivity contribution in [3.8, 4) is 17.2 Å². The molecule has 1 aliphatic rings. The van der Waals surface area contributed by atoms with Gasteiger partial charge in [0.15, 0.2) is 6.61 Å². The van der Waals surface area contributed by atoms with Gasteiger partial charge in [-0.05, 0) is 44.0 Å². The second-order valence-electron chi connectivity index (χ2n) is 7.62. The van der Waals surface area contributed by atoms with Gasteiger partial charge in [-0.15, -0.1) is 0 Å². The van der Waals surface area contributed by atoms with Crippen molar-refractivity contribution in [2.45, 2.75) is 20.3 Å². The van der Waals surface area contributed by atoms with Crippen molar-refractivity contribution < 1.29 is 23.8 Å². The summed E-state index contributed by atoms with van der Waals surface area (Å²) in [5.74, 6) is 1.43. The molecular formula is C24H30N2O5. The van der Waals surface area contributed by atoms with Crippen molar-refractivity contribution in [1.29, 1.82) is 0 Å². The highest BCUT2D eigenvalue weighted by Crippen LogP contribution is 2.30. The fraction of sp³-hybridized carbons (Fsp3) is 0.417. The van der Waals surface area contributed by atoms with Gasteiger partial charge in [0.1, 0.15) is 22.8 Å². The van der Waals surface area contributed by atoms with Crippen LogP contribution in [0.3, 0.4) is 0 Å². The number of rotatable bonds is 6. The van der Waals surface area contributed by atoms with Crippen LogP contribution in [-0.2, 0) is 4.79 Å². The molecule has 7 heteroatoms. The van der Waals surface area contributed by atoms with Gasteiger partial charge in [-0.2, -0.15) is 0 Å². The Morgan fingerprint density at radius 1 is 0.871 bits per heavy atom. The molecule has 2 aromatic rings. The third-order valence-electron chi connectivity index (χ3n) is 5.46. The quantitative estimate of drug-likeness (QED) is 0.710. The molecule has 31 heavy (non-hydrogen) atoms. The highest BCUT2D eigenvalue weighted by molar-refractivity contribution is 5.99. The molecule has 0 bridgehead atoms. The summed E-state index contributed by atoms with van der Waals surface area (Å²) in [6.45, 7) is 6.01. The number of ether oxygens (including phenoxy) is 3. The van der Waals surface area contributed by atoms with Gasteiger partial charge in [0.05, 0.1) is 14.2 Å². The van der Waals surface area contributed by atoms with E-state index in [0.29, 0.717) is 55.4 Å². The molecule has 0 spiro atoms. The Hall–Kier alpha value is -3.22. The van der Waals surface area contributed by atoms with Crippen molar-refractivity contribution in [3.05, 3.63) is 53.1 Å². The van der Waals surface area contributed by atoms with Crippen LogP contribution < -0.4 is 14.2 Å².